The molecule has 186 valence electrons. The van der Waals surface area contributed by atoms with Crippen LogP contribution in [0.3, 0.4) is 0 Å². The molecule has 1 spiro atoms. The molecular weight excluding hydrogens is 501 g/mol. The van der Waals surface area contributed by atoms with Crippen LogP contribution in [0.15, 0.2) is 34.2 Å². The third-order valence-electron chi connectivity index (χ3n) is 6.17. The predicted molar refractivity (Wildman–Crippen MR) is 114 cm³/mol. The number of alkyl halides is 3. The van der Waals surface area contributed by atoms with Gasteiger partial charge in [-0.25, -0.2) is 13.2 Å². The highest BCUT2D eigenvalue weighted by Crippen LogP contribution is 2.38. The number of piperidine rings is 2. The Morgan fingerprint density at radius 3 is 2.56 bits per heavy atom. The van der Waals surface area contributed by atoms with E-state index >= 15 is 0 Å². The fourth-order valence-corrected chi connectivity index (χ4v) is 6.10. The lowest BCUT2D eigenvalue weighted by Crippen LogP contribution is -2.52. The zero-order valence-corrected chi connectivity index (χ0v) is 19.4. The lowest BCUT2D eigenvalue weighted by molar-refractivity contribution is -0.225. The molecule has 2 fully saturated rings. The lowest BCUT2D eigenvalue weighted by Gasteiger charge is -2.35. The van der Waals surface area contributed by atoms with E-state index in [1.807, 2.05) is 0 Å². The summed E-state index contributed by atoms with van der Waals surface area (Å²) in [6, 6.07) is 5.75. The molecule has 1 N–H and O–H groups in total. The summed E-state index contributed by atoms with van der Waals surface area (Å²) < 4.78 is 65.7. The molecule has 1 atom stereocenters. The van der Waals surface area contributed by atoms with Gasteiger partial charge in [0.15, 0.2) is 0 Å². The van der Waals surface area contributed by atoms with E-state index in [4.69, 9.17) is 11.6 Å². The Kier molecular flexibility index (Phi) is 6.66. The van der Waals surface area contributed by atoms with E-state index in [0.29, 0.717) is 31.0 Å². The number of rotatable bonds is 4. The molecular formula is C20H22ClF3N4O5S. The quantitative estimate of drug-likeness (QED) is 0.649. The number of amides is 1. The Morgan fingerprint density at radius 2 is 1.97 bits per heavy atom. The van der Waals surface area contributed by atoms with Crippen LogP contribution in [0, 0.1) is 5.92 Å². The molecule has 1 unspecified atom stereocenters. The van der Waals surface area contributed by atoms with Gasteiger partial charge in [0.2, 0.25) is 10.0 Å². The SMILES string of the molecule is O=C(ON1C(=O)C2(CCN(S(=O)(=O)c3cccc(Cl)c3)CC2)N=C1C1CCCNC1)C(F)(F)F. The van der Waals surface area contributed by atoms with Crippen molar-refractivity contribution in [2.24, 2.45) is 10.9 Å². The first kappa shape index (κ1) is 24.9. The number of nitrogens with zero attached hydrogens (tertiary/aromatic N) is 3. The van der Waals surface area contributed by atoms with E-state index in [1.54, 1.807) is 0 Å². The van der Waals surface area contributed by atoms with Gasteiger partial charge in [0.25, 0.3) is 5.91 Å². The van der Waals surface area contributed by atoms with E-state index in [2.05, 4.69) is 15.1 Å². The van der Waals surface area contributed by atoms with Crippen LogP contribution in [-0.4, -0.2) is 73.4 Å². The predicted octanol–water partition coefficient (Wildman–Crippen LogP) is 2.12. The van der Waals surface area contributed by atoms with E-state index in [9.17, 15) is 31.2 Å². The molecule has 0 aromatic heterocycles. The molecule has 3 aliphatic heterocycles. The highest BCUT2D eigenvalue weighted by Gasteiger charge is 2.55. The van der Waals surface area contributed by atoms with E-state index < -0.39 is 39.5 Å². The Hall–Kier alpha value is -2.22. The molecule has 1 aromatic rings. The molecule has 2 saturated heterocycles. The second-order valence-electron chi connectivity index (χ2n) is 8.38. The van der Waals surface area contributed by atoms with Crippen LogP contribution >= 0.6 is 11.6 Å². The third-order valence-corrected chi connectivity index (χ3v) is 8.30. The van der Waals surface area contributed by atoms with Gasteiger partial charge in [-0.3, -0.25) is 9.79 Å². The van der Waals surface area contributed by atoms with Gasteiger partial charge >= 0.3 is 12.1 Å². The van der Waals surface area contributed by atoms with Crippen molar-refractivity contribution in [3.05, 3.63) is 29.3 Å². The molecule has 0 bridgehead atoms. The average molecular weight is 523 g/mol. The van der Waals surface area contributed by atoms with Crippen LogP contribution in [0.4, 0.5) is 13.2 Å². The van der Waals surface area contributed by atoms with Crippen LogP contribution in [0.5, 0.6) is 0 Å². The minimum Gasteiger partial charge on any atom is -0.323 e. The Labute approximate surface area is 198 Å². The summed E-state index contributed by atoms with van der Waals surface area (Å²) >= 11 is 5.91. The van der Waals surface area contributed by atoms with Gasteiger partial charge in [0, 0.05) is 30.6 Å². The number of amidine groups is 1. The number of aliphatic imine (C=N–C) groups is 1. The fraction of sp³-hybridized carbons (Fsp3) is 0.550. The number of carbonyl (C=O) groups excluding carboxylic acids is 2. The van der Waals surface area contributed by atoms with Crippen LogP contribution in [0.1, 0.15) is 25.7 Å². The second kappa shape index (κ2) is 9.10. The van der Waals surface area contributed by atoms with Gasteiger partial charge < -0.3 is 10.2 Å². The minimum absolute atomic E-state index is 0.00750. The first-order chi connectivity index (χ1) is 15.9. The molecule has 1 amide bonds. The third kappa shape index (κ3) is 4.66. The van der Waals surface area contributed by atoms with Crippen LogP contribution in [0.2, 0.25) is 5.02 Å². The number of hydrogen-bond donors (Lipinski definition) is 1. The van der Waals surface area contributed by atoms with Crippen LogP contribution < -0.4 is 5.32 Å². The zero-order chi connectivity index (χ0) is 24.7. The molecule has 9 nitrogen and oxygen atoms in total. The maximum atomic E-state index is 13.2. The zero-order valence-electron chi connectivity index (χ0n) is 17.8. The van der Waals surface area contributed by atoms with Crippen LogP contribution in [-0.2, 0) is 24.4 Å². The van der Waals surface area contributed by atoms with Crippen molar-refractivity contribution in [2.75, 3.05) is 26.2 Å². The van der Waals surface area contributed by atoms with Crippen molar-refractivity contribution < 1.29 is 36.0 Å². The van der Waals surface area contributed by atoms with E-state index in [0.717, 1.165) is 0 Å². The topological polar surface area (TPSA) is 108 Å². The van der Waals surface area contributed by atoms with Crippen molar-refractivity contribution in [2.45, 2.75) is 42.3 Å². The van der Waals surface area contributed by atoms with Crippen molar-refractivity contribution in [3.63, 3.8) is 0 Å². The molecule has 3 aliphatic rings. The highest BCUT2D eigenvalue weighted by molar-refractivity contribution is 7.89. The first-order valence-electron chi connectivity index (χ1n) is 10.6. The molecule has 3 heterocycles. The summed E-state index contributed by atoms with van der Waals surface area (Å²) in [5.41, 5.74) is -1.50. The summed E-state index contributed by atoms with van der Waals surface area (Å²) in [7, 11) is -3.90. The normalized spacial score (nSPS) is 23.8. The van der Waals surface area contributed by atoms with E-state index in [1.165, 1.54) is 28.6 Å². The number of hydrogen-bond acceptors (Lipinski definition) is 7. The van der Waals surface area contributed by atoms with E-state index in [-0.39, 0.29) is 41.7 Å². The maximum absolute atomic E-state index is 13.2. The summed E-state index contributed by atoms with van der Waals surface area (Å²) in [4.78, 5) is 33.7. The van der Waals surface area contributed by atoms with Crippen molar-refractivity contribution in [1.29, 1.82) is 0 Å². The number of halogens is 4. The lowest BCUT2D eigenvalue weighted by atomic mass is 9.89. The van der Waals surface area contributed by atoms with Gasteiger partial charge in [-0.05, 0) is 50.4 Å². The first-order valence-corrected chi connectivity index (χ1v) is 12.5. The van der Waals surface area contributed by atoms with Gasteiger partial charge in [-0.15, -0.1) is 5.06 Å². The maximum Gasteiger partial charge on any atom is 0.493 e. The summed E-state index contributed by atoms with van der Waals surface area (Å²) in [6.07, 6.45) is -4.19. The molecule has 1 aromatic carbocycles. The monoisotopic (exact) mass is 522 g/mol. The smallest absolute Gasteiger partial charge is 0.323 e. The Balaban J connectivity index is 1.58. The molecule has 14 heteroatoms. The average Bonchev–Trinajstić information content (AvgIpc) is 3.05. The molecule has 0 radical (unpaired) electrons. The molecule has 0 aliphatic carbocycles. The Bertz CT molecular complexity index is 1110. The van der Waals surface area contributed by atoms with Crippen molar-refractivity contribution in [3.8, 4) is 0 Å². The number of benzene rings is 1. The van der Waals surface area contributed by atoms with Crippen LogP contribution in [0.25, 0.3) is 0 Å². The van der Waals surface area contributed by atoms with Crippen molar-refractivity contribution >= 4 is 39.3 Å². The molecule has 4 rings (SSSR count). The molecule has 34 heavy (non-hydrogen) atoms. The number of carbonyl (C=O) groups is 2. The summed E-state index contributed by atoms with van der Waals surface area (Å²) in [6.45, 7) is 0.877. The van der Waals surface area contributed by atoms with Gasteiger partial charge in [-0.1, -0.05) is 17.7 Å². The van der Waals surface area contributed by atoms with Gasteiger partial charge in [0.05, 0.1) is 4.90 Å². The highest BCUT2D eigenvalue weighted by atomic mass is 35.5. The standard InChI is InChI=1S/C20H22ClF3N4O5S/c21-14-4-1-5-15(11-14)34(31,32)27-9-6-19(7-10-27)17(29)28(33-18(30)20(22,23)24)16(26-19)13-3-2-8-25-12-13/h1,4-5,11,13,25H,2-3,6-10,12H2. The minimum atomic E-state index is -5.29. The molecule has 0 saturated carbocycles. The Morgan fingerprint density at radius 1 is 1.26 bits per heavy atom. The number of sulfonamides is 1. The number of nitrogens with one attached hydrogen (secondary N) is 1. The number of hydroxylamine groups is 2. The van der Waals surface area contributed by atoms with Gasteiger partial charge in [0.1, 0.15) is 11.4 Å². The second-order valence-corrected chi connectivity index (χ2v) is 10.8. The fourth-order valence-electron chi connectivity index (χ4n) is 4.36. The summed E-state index contributed by atoms with van der Waals surface area (Å²) in [5, 5.41) is 3.71. The largest absolute Gasteiger partial charge is 0.493 e. The summed E-state index contributed by atoms with van der Waals surface area (Å²) in [5.74, 6) is -3.88. The van der Waals surface area contributed by atoms with Crippen molar-refractivity contribution in [1.82, 2.24) is 14.7 Å². The van der Waals surface area contributed by atoms with Gasteiger partial charge in [-0.2, -0.15) is 17.5 Å².